The van der Waals surface area contributed by atoms with Crippen molar-refractivity contribution in [1.82, 2.24) is 10.3 Å². The van der Waals surface area contributed by atoms with Crippen molar-refractivity contribution < 1.29 is 17.6 Å². The minimum absolute atomic E-state index is 0.101. The van der Waals surface area contributed by atoms with E-state index < -0.39 is 21.6 Å². The summed E-state index contributed by atoms with van der Waals surface area (Å²) in [7, 11) is -3.56. The van der Waals surface area contributed by atoms with Crippen molar-refractivity contribution in [2.45, 2.75) is 11.4 Å². The van der Waals surface area contributed by atoms with Gasteiger partial charge in [-0.15, -0.1) is 11.3 Å². The van der Waals surface area contributed by atoms with Gasteiger partial charge in [-0.1, -0.05) is 54.1 Å². The topological polar surface area (TPSA) is 76.1 Å². The molecule has 0 bridgehead atoms. The molecular formula is C24H18ClFN2O3S2. The Morgan fingerprint density at radius 3 is 2.48 bits per heavy atom. The molecule has 0 radical (unpaired) electrons. The monoisotopic (exact) mass is 500 g/mol. The summed E-state index contributed by atoms with van der Waals surface area (Å²) in [6.45, 7) is 0.250. The zero-order valence-corrected chi connectivity index (χ0v) is 19.8. The van der Waals surface area contributed by atoms with E-state index in [2.05, 4.69) is 10.3 Å². The molecular weight excluding hydrogens is 483 g/mol. The first-order chi connectivity index (χ1) is 15.7. The predicted molar refractivity (Wildman–Crippen MR) is 129 cm³/mol. The van der Waals surface area contributed by atoms with Gasteiger partial charge in [-0.25, -0.2) is 17.8 Å². The number of benzene rings is 3. The zero-order chi connectivity index (χ0) is 23.6. The highest BCUT2D eigenvalue weighted by atomic mass is 35.5. The van der Waals surface area contributed by atoms with E-state index in [0.29, 0.717) is 26.7 Å². The molecule has 0 aliphatic rings. The van der Waals surface area contributed by atoms with Crippen LogP contribution in [0.2, 0.25) is 5.02 Å². The maximum absolute atomic E-state index is 13.5. The smallest absolute Gasteiger partial charge is 0.280 e. The number of hydrogen-bond acceptors (Lipinski definition) is 5. The fourth-order valence-electron chi connectivity index (χ4n) is 3.29. The number of carbonyl (C=O) groups is 1. The molecule has 0 fully saturated rings. The number of hydrogen-bond donors (Lipinski definition) is 1. The minimum atomic E-state index is -3.56. The summed E-state index contributed by atoms with van der Waals surface area (Å²) in [6.07, 6.45) is 1.12. The molecule has 0 saturated heterocycles. The Morgan fingerprint density at radius 2 is 1.79 bits per heavy atom. The van der Waals surface area contributed by atoms with Gasteiger partial charge in [0.25, 0.3) is 5.91 Å². The molecule has 1 N–H and O–H groups in total. The molecule has 4 rings (SSSR count). The summed E-state index contributed by atoms with van der Waals surface area (Å²) in [6, 6.07) is 19.4. The highest BCUT2D eigenvalue weighted by Crippen LogP contribution is 2.39. The molecule has 9 heteroatoms. The highest BCUT2D eigenvalue weighted by molar-refractivity contribution is 7.90. The minimum Gasteiger partial charge on any atom is -0.346 e. The highest BCUT2D eigenvalue weighted by Gasteiger charge is 2.23. The first-order valence-electron chi connectivity index (χ1n) is 9.81. The van der Waals surface area contributed by atoms with Crippen molar-refractivity contribution in [2.75, 3.05) is 6.26 Å². The van der Waals surface area contributed by atoms with Crippen LogP contribution in [-0.4, -0.2) is 25.6 Å². The summed E-state index contributed by atoms with van der Waals surface area (Å²) in [5.41, 5.74) is 2.18. The van der Waals surface area contributed by atoms with E-state index in [4.69, 9.17) is 11.6 Å². The van der Waals surface area contributed by atoms with E-state index in [1.807, 2.05) is 6.07 Å². The fraction of sp³-hybridized carbons (Fsp3) is 0.0833. The number of sulfone groups is 1. The zero-order valence-electron chi connectivity index (χ0n) is 17.4. The van der Waals surface area contributed by atoms with Gasteiger partial charge < -0.3 is 5.32 Å². The van der Waals surface area contributed by atoms with Crippen LogP contribution in [0.5, 0.6) is 0 Å². The van der Waals surface area contributed by atoms with E-state index in [1.54, 1.807) is 48.5 Å². The van der Waals surface area contributed by atoms with Crippen LogP contribution < -0.4 is 5.32 Å². The van der Waals surface area contributed by atoms with Crippen LogP contribution in [0.25, 0.3) is 21.7 Å². The third kappa shape index (κ3) is 5.30. The maximum atomic E-state index is 13.5. The number of carbonyl (C=O) groups excluding carboxylic acids is 1. The van der Waals surface area contributed by atoms with Gasteiger partial charge in [0.2, 0.25) is 0 Å². The predicted octanol–water partition coefficient (Wildman–Crippen LogP) is 5.60. The second kappa shape index (κ2) is 9.43. The van der Waals surface area contributed by atoms with Crippen LogP contribution >= 0.6 is 22.9 Å². The molecule has 1 amide bonds. The lowest BCUT2D eigenvalue weighted by atomic mass is 10.1. The first kappa shape index (κ1) is 23.1. The van der Waals surface area contributed by atoms with Gasteiger partial charge in [0.15, 0.2) is 14.8 Å². The van der Waals surface area contributed by atoms with Gasteiger partial charge >= 0.3 is 0 Å². The lowest BCUT2D eigenvalue weighted by Gasteiger charge is -2.08. The Kier molecular flexibility index (Phi) is 6.60. The van der Waals surface area contributed by atoms with Crippen molar-refractivity contribution in [3.8, 4) is 21.7 Å². The van der Waals surface area contributed by atoms with E-state index in [0.717, 1.165) is 23.2 Å². The number of aromatic nitrogens is 1. The number of nitrogens with zero attached hydrogens (tertiary/aromatic N) is 1. The molecule has 168 valence electrons. The normalized spacial score (nSPS) is 11.4. The second-order valence-corrected chi connectivity index (χ2v) is 10.7. The third-order valence-corrected chi connectivity index (χ3v) is 7.30. The van der Waals surface area contributed by atoms with Crippen LogP contribution in [0.4, 0.5) is 4.39 Å². The quantitative estimate of drug-likeness (QED) is 0.373. The Labute approximate surface area is 199 Å². The lowest BCUT2D eigenvalue weighted by molar-refractivity contribution is 0.0950. The Balaban J connectivity index is 1.77. The van der Waals surface area contributed by atoms with E-state index >= 15 is 0 Å². The van der Waals surface area contributed by atoms with Crippen LogP contribution in [0.1, 0.15) is 15.4 Å². The first-order valence-corrected chi connectivity index (χ1v) is 12.9. The molecule has 3 aromatic carbocycles. The number of thiazole rings is 1. The molecule has 0 aliphatic carbocycles. The lowest BCUT2D eigenvalue weighted by Crippen LogP contribution is -2.22. The molecule has 1 heterocycles. The average Bonchev–Trinajstić information content (AvgIpc) is 3.23. The van der Waals surface area contributed by atoms with Gasteiger partial charge in [-0.3, -0.25) is 4.79 Å². The SMILES string of the molecule is CS(=O)(=O)c1ccccc1-c1nc(C(=O)NCc2cccc(Cl)c2)sc1-c1ccc(F)cc1. The second-order valence-electron chi connectivity index (χ2n) is 7.28. The van der Waals surface area contributed by atoms with E-state index in [1.165, 1.54) is 18.2 Å². The number of nitrogens with one attached hydrogen (secondary N) is 1. The molecule has 5 nitrogen and oxygen atoms in total. The van der Waals surface area contributed by atoms with E-state index in [-0.39, 0.29) is 16.4 Å². The summed E-state index contributed by atoms with van der Waals surface area (Å²) >= 11 is 7.11. The summed E-state index contributed by atoms with van der Waals surface area (Å²) in [4.78, 5) is 18.1. The van der Waals surface area contributed by atoms with E-state index in [9.17, 15) is 17.6 Å². The molecule has 4 aromatic rings. The summed E-state index contributed by atoms with van der Waals surface area (Å²) < 4.78 is 38.3. The van der Waals surface area contributed by atoms with Crippen molar-refractivity contribution >= 4 is 38.7 Å². The van der Waals surface area contributed by atoms with Crippen LogP contribution in [-0.2, 0) is 16.4 Å². The standard InChI is InChI=1S/C24H18ClFN2O3S2/c1-33(30,31)20-8-3-2-7-19(20)21-22(16-9-11-18(26)12-10-16)32-24(28-21)23(29)27-14-15-5-4-6-17(25)13-15/h2-13H,14H2,1H3,(H,27,29). The van der Waals surface area contributed by atoms with Crippen molar-refractivity contribution in [3.05, 3.63) is 94.2 Å². The van der Waals surface area contributed by atoms with Crippen LogP contribution in [0.15, 0.2) is 77.7 Å². The molecule has 0 saturated carbocycles. The molecule has 0 spiro atoms. The van der Waals surface area contributed by atoms with Crippen LogP contribution in [0.3, 0.4) is 0 Å². The summed E-state index contributed by atoms with van der Waals surface area (Å²) in [5, 5.41) is 3.54. The van der Waals surface area contributed by atoms with Gasteiger partial charge in [0.1, 0.15) is 5.82 Å². The molecule has 0 unspecified atom stereocenters. The van der Waals surface area contributed by atoms with Gasteiger partial charge in [-0.2, -0.15) is 0 Å². The largest absolute Gasteiger partial charge is 0.346 e. The third-order valence-electron chi connectivity index (χ3n) is 4.81. The number of amides is 1. The maximum Gasteiger partial charge on any atom is 0.280 e. The van der Waals surface area contributed by atoms with Crippen molar-refractivity contribution in [2.24, 2.45) is 0 Å². The van der Waals surface area contributed by atoms with Gasteiger partial charge in [-0.05, 0) is 41.5 Å². The molecule has 1 aromatic heterocycles. The Morgan fingerprint density at radius 1 is 1.06 bits per heavy atom. The molecule has 0 aliphatic heterocycles. The van der Waals surface area contributed by atoms with Crippen molar-refractivity contribution in [3.63, 3.8) is 0 Å². The van der Waals surface area contributed by atoms with Gasteiger partial charge in [0.05, 0.1) is 15.5 Å². The molecule has 0 atom stereocenters. The van der Waals surface area contributed by atoms with Crippen molar-refractivity contribution in [1.29, 1.82) is 0 Å². The Hall–Kier alpha value is -3.07. The summed E-state index contributed by atoms with van der Waals surface area (Å²) in [5.74, 6) is -0.813. The number of halogens is 2. The average molecular weight is 501 g/mol. The van der Waals surface area contributed by atoms with Gasteiger partial charge in [0, 0.05) is 23.4 Å². The fourth-order valence-corrected chi connectivity index (χ4v) is 5.39. The molecule has 33 heavy (non-hydrogen) atoms. The number of rotatable bonds is 6. The Bertz CT molecular complexity index is 1430. The van der Waals surface area contributed by atoms with Crippen LogP contribution in [0, 0.1) is 5.82 Å².